The van der Waals surface area contributed by atoms with Crippen molar-refractivity contribution in [2.75, 3.05) is 5.32 Å². The largest absolute Gasteiger partial charge is 0.506 e. The molecule has 0 aliphatic heterocycles. The van der Waals surface area contributed by atoms with E-state index < -0.39 is 0 Å². The highest BCUT2D eigenvalue weighted by Gasteiger charge is 2.04. The monoisotopic (exact) mass is 295 g/mol. The Labute approximate surface area is 131 Å². The average Bonchev–Trinajstić information content (AvgIpc) is 2.49. The molecule has 2 N–H and O–H groups in total. The fourth-order valence-corrected chi connectivity index (χ4v) is 2.09. The van der Waals surface area contributed by atoms with E-state index in [1.54, 1.807) is 24.3 Å². The number of aromatic hydroxyl groups is 1. The summed E-state index contributed by atoms with van der Waals surface area (Å²) in [6.45, 7) is 6.19. The molecule has 2 aromatic carbocycles. The first-order valence-electron chi connectivity index (χ1n) is 7.34. The van der Waals surface area contributed by atoms with Gasteiger partial charge in [-0.2, -0.15) is 0 Å². The second kappa shape index (κ2) is 6.94. The summed E-state index contributed by atoms with van der Waals surface area (Å²) in [6, 6.07) is 13.2. The highest BCUT2D eigenvalue weighted by molar-refractivity contribution is 6.02. The Morgan fingerprint density at radius 1 is 1.14 bits per heavy atom. The lowest BCUT2D eigenvalue weighted by atomic mass is 10.0. The van der Waals surface area contributed by atoms with Crippen LogP contribution in [0.5, 0.6) is 5.75 Å². The van der Waals surface area contributed by atoms with E-state index in [1.807, 2.05) is 19.1 Å². The van der Waals surface area contributed by atoms with Crippen LogP contribution < -0.4 is 5.32 Å². The third-order valence-corrected chi connectivity index (χ3v) is 3.44. The molecule has 3 heteroatoms. The van der Waals surface area contributed by atoms with Crippen molar-refractivity contribution in [2.45, 2.75) is 26.7 Å². The van der Waals surface area contributed by atoms with Crippen LogP contribution in [0.15, 0.2) is 48.5 Å². The molecule has 3 nitrogen and oxygen atoms in total. The smallest absolute Gasteiger partial charge is 0.248 e. The van der Waals surface area contributed by atoms with Crippen LogP contribution in [0.4, 0.5) is 5.69 Å². The number of hydrogen-bond donors (Lipinski definition) is 2. The van der Waals surface area contributed by atoms with Gasteiger partial charge in [0, 0.05) is 6.08 Å². The van der Waals surface area contributed by atoms with Gasteiger partial charge in [-0.1, -0.05) is 44.2 Å². The number of phenols is 1. The molecule has 0 unspecified atom stereocenters. The molecule has 0 atom stereocenters. The van der Waals surface area contributed by atoms with Gasteiger partial charge in [-0.25, -0.2) is 0 Å². The van der Waals surface area contributed by atoms with Gasteiger partial charge in [0.15, 0.2) is 0 Å². The zero-order valence-corrected chi connectivity index (χ0v) is 13.1. The van der Waals surface area contributed by atoms with Gasteiger partial charge in [-0.05, 0) is 47.7 Å². The molecular weight excluding hydrogens is 274 g/mol. The SMILES string of the molecule is Cc1ccc(O)c(NC(=O)/C=C/c2ccc(C(C)C)cc2)c1. The molecule has 0 radical (unpaired) electrons. The first-order valence-corrected chi connectivity index (χ1v) is 7.34. The first kappa shape index (κ1) is 15.8. The summed E-state index contributed by atoms with van der Waals surface area (Å²) < 4.78 is 0. The molecule has 0 saturated carbocycles. The Balaban J connectivity index is 2.03. The first-order chi connectivity index (χ1) is 10.5. The van der Waals surface area contributed by atoms with E-state index in [0.29, 0.717) is 11.6 Å². The van der Waals surface area contributed by atoms with Crippen molar-refractivity contribution in [3.05, 3.63) is 65.2 Å². The van der Waals surface area contributed by atoms with Crippen molar-refractivity contribution >= 4 is 17.7 Å². The minimum absolute atomic E-state index is 0.0636. The van der Waals surface area contributed by atoms with Crippen LogP contribution in [-0.4, -0.2) is 11.0 Å². The molecule has 2 aromatic rings. The third kappa shape index (κ3) is 4.22. The van der Waals surface area contributed by atoms with Gasteiger partial charge >= 0.3 is 0 Å². The Morgan fingerprint density at radius 3 is 2.45 bits per heavy atom. The number of phenolic OH excluding ortho intramolecular Hbond substituents is 1. The molecule has 0 fully saturated rings. The van der Waals surface area contributed by atoms with Crippen LogP contribution in [0.2, 0.25) is 0 Å². The molecule has 0 saturated heterocycles. The number of anilines is 1. The number of hydrogen-bond acceptors (Lipinski definition) is 2. The zero-order chi connectivity index (χ0) is 16.1. The summed E-state index contributed by atoms with van der Waals surface area (Å²) in [5.41, 5.74) is 3.63. The van der Waals surface area contributed by atoms with Crippen molar-refractivity contribution in [1.82, 2.24) is 0 Å². The lowest BCUT2D eigenvalue weighted by molar-refractivity contribution is -0.111. The van der Waals surface area contributed by atoms with Crippen molar-refractivity contribution in [2.24, 2.45) is 0 Å². The van der Waals surface area contributed by atoms with E-state index in [9.17, 15) is 9.90 Å². The van der Waals surface area contributed by atoms with Gasteiger partial charge in [-0.3, -0.25) is 4.79 Å². The Morgan fingerprint density at radius 2 is 1.82 bits per heavy atom. The van der Waals surface area contributed by atoms with Crippen LogP contribution in [0.25, 0.3) is 6.08 Å². The Bertz CT molecular complexity index is 685. The molecule has 0 bridgehead atoms. The van der Waals surface area contributed by atoms with Crippen molar-refractivity contribution in [3.63, 3.8) is 0 Å². The molecular formula is C19H21NO2. The lowest BCUT2D eigenvalue weighted by Crippen LogP contribution is -2.08. The molecule has 0 aliphatic rings. The maximum Gasteiger partial charge on any atom is 0.248 e. The van der Waals surface area contributed by atoms with Gasteiger partial charge in [-0.15, -0.1) is 0 Å². The molecule has 0 spiro atoms. The number of nitrogens with one attached hydrogen (secondary N) is 1. The fraction of sp³-hybridized carbons (Fsp3) is 0.211. The number of carbonyl (C=O) groups excluding carboxylic acids is 1. The molecule has 22 heavy (non-hydrogen) atoms. The standard InChI is InChI=1S/C19H21NO2/c1-13(2)16-8-5-15(6-9-16)7-11-19(22)20-17-12-14(3)4-10-18(17)21/h4-13,21H,1-3H3,(H,20,22)/b11-7+. The topological polar surface area (TPSA) is 49.3 Å². The normalized spacial score (nSPS) is 11.1. The van der Waals surface area contributed by atoms with Gasteiger partial charge < -0.3 is 10.4 Å². The van der Waals surface area contributed by atoms with Gasteiger partial charge in [0.05, 0.1) is 5.69 Å². The molecule has 1 amide bonds. The maximum absolute atomic E-state index is 11.9. The molecule has 2 rings (SSSR count). The zero-order valence-electron chi connectivity index (χ0n) is 13.1. The molecule has 114 valence electrons. The van der Waals surface area contributed by atoms with Gasteiger partial charge in [0.2, 0.25) is 5.91 Å². The van der Waals surface area contributed by atoms with E-state index in [4.69, 9.17) is 0 Å². The van der Waals surface area contributed by atoms with Crippen molar-refractivity contribution in [1.29, 1.82) is 0 Å². The van der Waals surface area contributed by atoms with E-state index >= 15 is 0 Å². The van der Waals surface area contributed by atoms with Gasteiger partial charge in [0.25, 0.3) is 0 Å². The summed E-state index contributed by atoms with van der Waals surface area (Å²) in [4.78, 5) is 11.9. The van der Waals surface area contributed by atoms with Crippen molar-refractivity contribution in [3.8, 4) is 5.75 Å². The van der Waals surface area contributed by atoms with E-state index in [-0.39, 0.29) is 11.7 Å². The summed E-state index contributed by atoms with van der Waals surface area (Å²) >= 11 is 0. The number of aryl methyl sites for hydroxylation is 1. The molecule has 0 heterocycles. The number of amides is 1. The predicted octanol–water partition coefficient (Wildman–Crippen LogP) is 4.48. The number of benzene rings is 2. The average molecular weight is 295 g/mol. The number of rotatable bonds is 4. The quantitative estimate of drug-likeness (QED) is 0.645. The second-order valence-electron chi connectivity index (χ2n) is 5.66. The summed E-state index contributed by atoms with van der Waals surface area (Å²) in [5.74, 6) is 0.285. The molecule has 0 aliphatic carbocycles. The second-order valence-corrected chi connectivity index (χ2v) is 5.66. The Kier molecular flexibility index (Phi) is 4.99. The summed E-state index contributed by atoms with van der Waals surface area (Å²) in [5, 5.41) is 12.4. The molecule has 0 aromatic heterocycles. The summed E-state index contributed by atoms with van der Waals surface area (Å²) in [6.07, 6.45) is 3.22. The van der Waals surface area contributed by atoms with Crippen LogP contribution >= 0.6 is 0 Å². The van der Waals surface area contributed by atoms with Crippen LogP contribution in [-0.2, 0) is 4.79 Å². The minimum atomic E-state index is -0.270. The highest BCUT2D eigenvalue weighted by atomic mass is 16.3. The van der Waals surface area contributed by atoms with E-state index in [2.05, 4.69) is 31.3 Å². The predicted molar refractivity (Wildman–Crippen MR) is 91.0 cm³/mol. The van der Waals surface area contributed by atoms with E-state index in [0.717, 1.165) is 11.1 Å². The van der Waals surface area contributed by atoms with Crippen LogP contribution in [0, 0.1) is 6.92 Å². The lowest BCUT2D eigenvalue weighted by Gasteiger charge is -2.06. The Hall–Kier alpha value is -2.55. The van der Waals surface area contributed by atoms with E-state index in [1.165, 1.54) is 11.6 Å². The summed E-state index contributed by atoms with van der Waals surface area (Å²) in [7, 11) is 0. The minimum Gasteiger partial charge on any atom is -0.506 e. The van der Waals surface area contributed by atoms with Gasteiger partial charge in [0.1, 0.15) is 5.75 Å². The highest BCUT2D eigenvalue weighted by Crippen LogP contribution is 2.23. The fourth-order valence-electron chi connectivity index (χ4n) is 2.09. The van der Waals surface area contributed by atoms with Crippen LogP contribution in [0.1, 0.15) is 36.5 Å². The van der Waals surface area contributed by atoms with Crippen molar-refractivity contribution < 1.29 is 9.90 Å². The maximum atomic E-state index is 11.9. The van der Waals surface area contributed by atoms with Crippen LogP contribution in [0.3, 0.4) is 0 Å². The third-order valence-electron chi connectivity index (χ3n) is 3.44. The number of carbonyl (C=O) groups is 1.